The second-order valence-corrected chi connectivity index (χ2v) is 5.64. The van der Waals surface area contributed by atoms with Crippen LogP contribution in [0, 0.1) is 0 Å². The maximum Gasteiger partial charge on any atom is 0.0642 e. The van der Waals surface area contributed by atoms with Crippen molar-refractivity contribution >= 4 is 5.69 Å². The van der Waals surface area contributed by atoms with Gasteiger partial charge in [-0.1, -0.05) is 6.07 Å². The van der Waals surface area contributed by atoms with Gasteiger partial charge in [-0.05, 0) is 48.6 Å². The summed E-state index contributed by atoms with van der Waals surface area (Å²) in [6.45, 7) is 4.96. The van der Waals surface area contributed by atoms with Gasteiger partial charge in [0, 0.05) is 24.8 Å². The predicted molar refractivity (Wildman–Crippen MR) is 72.2 cm³/mol. The highest BCUT2D eigenvalue weighted by molar-refractivity contribution is 5.55. The van der Waals surface area contributed by atoms with Crippen LogP contribution in [0.4, 0.5) is 5.69 Å². The summed E-state index contributed by atoms with van der Waals surface area (Å²) in [7, 11) is 0. The van der Waals surface area contributed by atoms with Gasteiger partial charge in [0.25, 0.3) is 0 Å². The lowest BCUT2D eigenvalue weighted by atomic mass is 9.96. The van der Waals surface area contributed by atoms with Crippen molar-refractivity contribution in [1.82, 2.24) is 5.32 Å². The van der Waals surface area contributed by atoms with Crippen molar-refractivity contribution in [3.8, 4) is 0 Å². The average molecular weight is 244 g/mol. The quantitative estimate of drug-likeness (QED) is 0.818. The highest BCUT2D eigenvalue weighted by Gasteiger charge is 2.34. The number of nitrogens with zero attached hydrogens (tertiary/aromatic N) is 1. The molecule has 2 heterocycles. The van der Waals surface area contributed by atoms with Crippen molar-refractivity contribution in [2.45, 2.75) is 24.8 Å². The Labute approximate surface area is 108 Å². The van der Waals surface area contributed by atoms with E-state index in [2.05, 4.69) is 28.4 Å². The Morgan fingerprint density at radius 2 is 2.06 bits per heavy atom. The van der Waals surface area contributed by atoms with Gasteiger partial charge in [-0.15, -0.1) is 0 Å². The van der Waals surface area contributed by atoms with Gasteiger partial charge in [0.2, 0.25) is 0 Å². The minimum atomic E-state index is 0.611. The molecule has 0 spiro atoms. The molecule has 3 aliphatic rings. The smallest absolute Gasteiger partial charge is 0.0642 e. The summed E-state index contributed by atoms with van der Waals surface area (Å²) >= 11 is 0. The van der Waals surface area contributed by atoms with Crippen LogP contribution in [0.5, 0.6) is 0 Å². The molecule has 2 fully saturated rings. The summed E-state index contributed by atoms with van der Waals surface area (Å²) < 4.78 is 5.43. The van der Waals surface area contributed by atoms with Gasteiger partial charge >= 0.3 is 0 Å². The molecule has 96 valence electrons. The van der Waals surface area contributed by atoms with E-state index in [9.17, 15) is 0 Å². The number of benzene rings is 1. The molecule has 1 aromatic rings. The third-order valence-electron chi connectivity index (χ3n) is 4.67. The maximum atomic E-state index is 5.43. The first-order chi connectivity index (χ1) is 8.92. The Kier molecular flexibility index (Phi) is 2.55. The molecule has 1 aromatic carbocycles. The van der Waals surface area contributed by atoms with E-state index in [1.165, 1.54) is 25.1 Å². The molecular weight excluding hydrogens is 224 g/mol. The fourth-order valence-corrected chi connectivity index (χ4v) is 3.69. The number of hydrogen-bond acceptors (Lipinski definition) is 3. The molecule has 4 rings (SSSR count). The Morgan fingerprint density at radius 3 is 2.94 bits per heavy atom. The monoisotopic (exact) mass is 244 g/mol. The lowest BCUT2D eigenvalue weighted by molar-refractivity contribution is 0.122. The number of morpholine rings is 1. The van der Waals surface area contributed by atoms with Crippen molar-refractivity contribution in [2.24, 2.45) is 0 Å². The van der Waals surface area contributed by atoms with Gasteiger partial charge in [-0.2, -0.15) is 0 Å². The van der Waals surface area contributed by atoms with Gasteiger partial charge in [0.15, 0.2) is 0 Å². The SMILES string of the molecule is c1cc2c(cc1N1CCOCC1)[C@H]1C[C@H]2CCN1. The number of fused-ring (bicyclic) bond motifs is 5. The molecule has 0 amide bonds. The minimum Gasteiger partial charge on any atom is -0.378 e. The van der Waals surface area contributed by atoms with Crippen LogP contribution in [-0.4, -0.2) is 32.8 Å². The third-order valence-corrected chi connectivity index (χ3v) is 4.67. The zero-order chi connectivity index (χ0) is 11.9. The largest absolute Gasteiger partial charge is 0.378 e. The van der Waals surface area contributed by atoms with E-state index in [-0.39, 0.29) is 0 Å². The minimum absolute atomic E-state index is 0.611. The summed E-state index contributed by atoms with van der Waals surface area (Å²) in [5.41, 5.74) is 4.54. The number of rotatable bonds is 1. The molecule has 3 nitrogen and oxygen atoms in total. The van der Waals surface area contributed by atoms with Crippen LogP contribution in [0.2, 0.25) is 0 Å². The van der Waals surface area contributed by atoms with Gasteiger partial charge in [-0.3, -0.25) is 0 Å². The van der Waals surface area contributed by atoms with E-state index in [0.717, 1.165) is 32.2 Å². The zero-order valence-electron chi connectivity index (χ0n) is 10.7. The summed E-state index contributed by atoms with van der Waals surface area (Å²) in [6.07, 6.45) is 2.61. The molecule has 2 bridgehead atoms. The van der Waals surface area contributed by atoms with Crippen molar-refractivity contribution in [1.29, 1.82) is 0 Å². The third kappa shape index (κ3) is 1.65. The van der Waals surface area contributed by atoms with Crippen LogP contribution in [0.1, 0.15) is 35.9 Å². The van der Waals surface area contributed by atoms with Gasteiger partial charge in [0.1, 0.15) is 0 Å². The van der Waals surface area contributed by atoms with Gasteiger partial charge in [0.05, 0.1) is 13.2 Å². The lowest BCUT2D eigenvalue weighted by Gasteiger charge is -2.29. The highest BCUT2D eigenvalue weighted by Crippen LogP contribution is 2.45. The fourth-order valence-electron chi connectivity index (χ4n) is 3.69. The molecule has 1 N–H and O–H groups in total. The number of piperidine rings is 1. The Bertz CT molecular complexity index is 454. The predicted octanol–water partition coefficient (Wildman–Crippen LogP) is 2.04. The standard InChI is InChI=1S/C15H20N2O/c1-2-13-11-3-4-16-15(9-11)14(13)10-12(1)17-5-7-18-8-6-17/h1-2,10-11,15-16H,3-9H2/t11-,15-/m1/s1. The molecule has 2 saturated heterocycles. The van der Waals surface area contributed by atoms with E-state index < -0.39 is 0 Å². The van der Waals surface area contributed by atoms with Crippen molar-refractivity contribution in [2.75, 3.05) is 37.7 Å². The van der Waals surface area contributed by atoms with E-state index in [1.807, 2.05) is 0 Å². The molecule has 0 radical (unpaired) electrons. The number of anilines is 1. The molecule has 1 aliphatic carbocycles. The molecule has 2 aliphatic heterocycles. The second kappa shape index (κ2) is 4.25. The maximum absolute atomic E-state index is 5.43. The Hall–Kier alpha value is -1.06. The van der Waals surface area contributed by atoms with Crippen LogP contribution in [-0.2, 0) is 4.74 Å². The van der Waals surface area contributed by atoms with Crippen LogP contribution >= 0.6 is 0 Å². The molecule has 2 atom stereocenters. The van der Waals surface area contributed by atoms with E-state index in [4.69, 9.17) is 4.74 Å². The first-order valence-corrected chi connectivity index (χ1v) is 7.12. The first kappa shape index (κ1) is 10.8. The van der Waals surface area contributed by atoms with Crippen LogP contribution in [0.15, 0.2) is 18.2 Å². The number of ether oxygens (including phenoxy) is 1. The van der Waals surface area contributed by atoms with Crippen molar-refractivity contribution in [3.63, 3.8) is 0 Å². The number of hydrogen-bond donors (Lipinski definition) is 1. The summed E-state index contributed by atoms with van der Waals surface area (Å²) in [5.74, 6) is 0.810. The molecule has 18 heavy (non-hydrogen) atoms. The van der Waals surface area contributed by atoms with Crippen molar-refractivity contribution in [3.05, 3.63) is 29.3 Å². The van der Waals surface area contributed by atoms with Crippen LogP contribution < -0.4 is 10.2 Å². The van der Waals surface area contributed by atoms with Gasteiger partial charge < -0.3 is 15.0 Å². The van der Waals surface area contributed by atoms with E-state index >= 15 is 0 Å². The average Bonchev–Trinajstić information content (AvgIpc) is 2.71. The summed E-state index contributed by atoms with van der Waals surface area (Å²) in [5, 5.41) is 3.65. The van der Waals surface area contributed by atoms with Crippen LogP contribution in [0.25, 0.3) is 0 Å². The fraction of sp³-hybridized carbons (Fsp3) is 0.600. The van der Waals surface area contributed by atoms with Crippen molar-refractivity contribution < 1.29 is 4.74 Å². The molecule has 3 heteroatoms. The highest BCUT2D eigenvalue weighted by atomic mass is 16.5. The number of nitrogens with one attached hydrogen (secondary N) is 1. The topological polar surface area (TPSA) is 24.5 Å². The second-order valence-electron chi connectivity index (χ2n) is 5.64. The summed E-state index contributed by atoms with van der Waals surface area (Å²) in [4.78, 5) is 2.45. The normalized spacial score (nSPS) is 30.3. The molecule has 0 saturated carbocycles. The Balaban J connectivity index is 1.67. The Morgan fingerprint density at radius 1 is 1.17 bits per heavy atom. The van der Waals surface area contributed by atoms with Gasteiger partial charge in [-0.25, -0.2) is 0 Å². The summed E-state index contributed by atoms with van der Waals surface area (Å²) in [6, 6.07) is 7.71. The van der Waals surface area contributed by atoms with Crippen LogP contribution in [0.3, 0.4) is 0 Å². The molecule has 0 aromatic heterocycles. The van der Waals surface area contributed by atoms with E-state index in [0.29, 0.717) is 6.04 Å². The molecular formula is C15H20N2O. The zero-order valence-corrected chi connectivity index (χ0v) is 10.7. The van der Waals surface area contributed by atoms with E-state index in [1.54, 1.807) is 11.1 Å². The first-order valence-electron chi connectivity index (χ1n) is 7.12. The molecule has 0 unspecified atom stereocenters. The lowest BCUT2D eigenvalue weighted by Crippen LogP contribution is -2.36.